The van der Waals surface area contributed by atoms with Gasteiger partial charge in [-0.05, 0) is 18.8 Å². The fourth-order valence-electron chi connectivity index (χ4n) is 2.21. The molecule has 1 aliphatic carbocycles. The number of hydrogen-bond donors (Lipinski definition) is 2. The van der Waals surface area contributed by atoms with Gasteiger partial charge in [-0.1, -0.05) is 32.6 Å². The van der Waals surface area contributed by atoms with Gasteiger partial charge in [0.25, 0.3) is 0 Å². The normalized spacial score (nSPS) is 19.1. The molecule has 1 atom stereocenters. The number of rotatable bonds is 6. The highest BCUT2D eigenvalue weighted by Crippen LogP contribution is 2.28. The number of hydrogen-bond acceptors (Lipinski definition) is 2. The summed E-state index contributed by atoms with van der Waals surface area (Å²) >= 11 is 0. The molecule has 3 nitrogen and oxygen atoms in total. The third-order valence-corrected chi connectivity index (χ3v) is 3.33. The molecule has 0 aromatic heterocycles. The molecule has 0 aromatic carbocycles. The molecule has 0 aromatic rings. The number of carbonyl (C=O) groups excluding carboxylic acids is 1. The first-order valence-electron chi connectivity index (χ1n) is 6.16. The van der Waals surface area contributed by atoms with Gasteiger partial charge in [-0.3, -0.25) is 4.79 Å². The summed E-state index contributed by atoms with van der Waals surface area (Å²) in [5.41, 5.74) is 0. The number of carbonyl (C=O) groups is 1. The lowest BCUT2D eigenvalue weighted by Gasteiger charge is -2.15. The predicted molar refractivity (Wildman–Crippen MR) is 60.5 cm³/mol. The third kappa shape index (κ3) is 4.65. The minimum absolute atomic E-state index is 0.0473. The highest BCUT2D eigenvalue weighted by molar-refractivity contribution is 5.76. The quantitative estimate of drug-likeness (QED) is 0.707. The van der Waals surface area contributed by atoms with Crippen molar-refractivity contribution in [2.24, 2.45) is 5.92 Å². The van der Waals surface area contributed by atoms with Gasteiger partial charge in [0, 0.05) is 6.42 Å². The fraction of sp³-hybridized carbons (Fsp3) is 0.917. The molecule has 0 heterocycles. The lowest BCUT2D eigenvalue weighted by molar-refractivity contribution is -0.122. The van der Waals surface area contributed by atoms with Gasteiger partial charge in [-0.2, -0.15) is 0 Å². The second-order valence-electron chi connectivity index (χ2n) is 4.54. The van der Waals surface area contributed by atoms with Crippen LogP contribution in [-0.4, -0.2) is 23.7 Å². The van der Waals surface area contributed by atoms with Crippen LogP contribution >= 0.6 is 0 Å². The lowest BCUT2D eigenvalue weighted by Crippen LogP contribution is -2.36. The Kier molecular flexibility index (Phi) is 5.69. The summed E-state index contributed by atoms with van der Waals surface area (Å²) in [7, 11) is 0. The minimum atomic E-state index is -0.0546. The predicted octanol–water partition coefficient (Wildman–Crippen LogP) is 1.84. The Hall–Kier alpha value is -0.570. The number of nitrogens with one attached hydrogen (secondary N) is 1. The molecule has 1 fully saturated rings. The molecule has 1 amide bonds. The first-order valence-corrected chi connectivity index (χ1v) is 6.16. The topological polar surface area (TPSA) is 49.3 Å². The zero-order valence-corrected chi connectivity index (χ0v) is 9.67. The molecule has 88 valence electrons. The van der Waals surface area contributed by atoms with Gasteiger partial charge in [0.15, 0.2) is 0 Å². The van der Waals surface area contributed by atoms with E-state index in [0.29, 0.717) is 6.42 Å². The van der Waals surface area contributed by atoms with Crippen molar-refractivity contribution in [1.29, 1.82) is 0 Å². The Balaban J connectivity index is 2.11. The number of aliphatic hydroxyl groups is 1. The maximum absolute atomic E-state index is 11.5. The average molecular weight is 213 g/mol. The molecule has 0 bridgehead atoms. The highest BCUT2D eigenvalue weighted by Gasteiger charge is 2.16. The van der Waals surface area contributed by atoms with Crippen LogP contribution in [0.25, 0.3) is 0 Å². The van der Waals surface area contributed by atoms with Crippen LogP contribution in [0, 0.1) is 5.92 Å². The van der Waals surface area contributed by atoms with Gasteiger partial charge >= 0.3 is 0 Å². The van der Waals surface area contributed by atoms with Crippen LogP contribution in [0.3, 0.4) is 0 Å². The first-order chi connectivity index (χ1) is 7.26. The second-order valence-corrected chi connectivity index (χ2v) is 4.54. The lowest BCUT2D eigenvalue weighted by atomic mass is 10.0. The van der Waals surface area contributed by atoms with E-state index in [1.54, 1.807) is 0 Å². The highest BCUT2D eigenvalue weighted by atomic mass is 16.3. The van der Waals surface area contributed by atoms with Gasteiger partial charge in [-0.15, -0.1) is 0 Å². The molecule has 1 rings (SSSR count). The summed E-state index contributed by atoms with van der Waals surface area (Å²) in [6.07, 6.45) is 7.70. The van der Waals surface area contributed by atoms with E-state index in [2.05, 4.69) is 5.32 Å². The molecule has 0 spiro atoms. The van der Waals surface area contributed by atoms with E-state index in [4.69, 9.17) is 5.11 Å². The van der Waals surface area contributed by atoms with Crippen LogP contribution in [0.5, 0.6) is 0 Å². The van der Waals surface area contributed by atoms with E-state index in [9.17, 15) is 4.79 Å². The molecule has 3 heteroatoms. The van der Waals surface area contributed by atoms with Gasteiger partial charge in [-0.25, -0.2) is 0 Å². The van der Waals surface area contributed by atoms with Crippen molar-refractivity contribution in [3.05, 3.63) is 0 Å². The molecule has 1 aliphatic rings. The van der Waals surface area contributed by atoms with Gasteiger partial charge in [0.2, 0.25) is 5.91 Å². The SMILES string of the molecule is CCC(CO)NC(=O)CCC1CCCC1. The second kappa shape index (κ2) is 6.83. The van der Waals surface area contributed by atoms with Gasteiger partial charge in [0.05, 0.1) is 12.6 Å². The number of amides is 1. The molecule has 0 saturated heterocycles. The smallest absolute Gasteiger partial charge is 0.220 e. The number of aliphatic hydroxyl groups excluding tert-OH is 1. The molecule has 1 saturated carbocycles. The van der Waals surface area contributed by atoms with Crippen LogP contribution in [-0.2, 0) is 4.79 Å². The van der Waals surface area contributed by atoms with E-state index in [1.165, 1.54) is 25.7 Å². The summed E-state index contributed by atoms with van der Waals surface area (Å²) in [6.45, 7) is 2.02. The van der Waals surface area contributed by atoms with Crippen molar-refractivity contribution in [2.45, 2.75) is 57.9 Å². The molecular weight excluding hydrogens is 190 g/mol. The molecule has 0 aliphatic heterocycles. The summed E-state index contributed by atoms with van der Waals surface area (Å²) < 4.78 is 0. The average Bonchev–Trinajstić information content (AvgIpc) is 2.75. The van der Waals surface area contributed by atoms with Crippen LogP contribution in [0.2, 0.25) is 0 Å². The Morgan fingerprint density at radius 3 is 2.67 bits per heavy atom. The van der Waals surface area contributed by atoms with Gasteiger partial charge < -0.3 is 10.4 Å². The van der Waals surface area contributed by atoms with E-state index >= 15 is 0 Å². The van der Waals surface area contributed by atoms with Crippen molar-refractivity contribution in [3.8, 4) is 0 Å². The van der Waals surface area contributed by atoms with E-state index in [-0.39, 0.29) is 18.6 Å². The van der Waals surface area contributed by atoms with Crippen molar-refractivity contribution < 1.29 is 9.90 Å². The molecule has 15 heavy (non-hydrogen) atoms. The Bertz CT molecular complexity index is 184. The summed E-state index contributed by atoms with van der Waals surface area (Å²) in [5, 5.41) is 11.8. The third-order valence-electron chi connectivity index (χ3n) is 3.33. The molecule has 2 N–H and O–H groups in total. The largest absolute Gasteiger partial charge is 0.394 e. The Morgan fingerprint density at radius 1 is 1.47 bits per heavy atom. The minimum Gasteiger partial charge on any atom is -0.394 e. The maximum atomic E-state index is 11.5. The molecule has 1 unspecified atom stereocenters. The Labute approximate surface area is 92.3 Å². The summed E-state index contributed by atoms with van der Waals surface area (Å²) in [6, 6.07) is -0.0546. The van der Waals surface area contributed by atoms with Crippen LogP contribution in [0.1, 0.15) is 51.9 Å². The van der Waals surface area contributed by atoms with Crippen molar-refractivity contribution in [2.75, 3.05) is 6.61 Å². The van der Waals surface area contributed by atoms with E-state index in [0.717, 1.165) is 18.8 Å². The van der Waals surface area contributed by atoms with Crippen molar-refractivity contribution in [3.63, 3.8) is 0 Å². The van der Waals surface area contributed by atoms with Crippen molar-refractivity contribution in [1.82, 2.24) is 5.32 Å². The van der Waals surface area contributed by atoms with E-state index in [1.807, 2.05) is 6.92 Å². The van der Waals surface area contributed by atoms with Crippen molar-refractivity contribution >= 4 is 5.91 Å². The monoisotopic (exact) mass is 213 g/mol. The van der Waals surface area contributed by atoms with Crippen LogP contribution < -0.4 is 5.32 Å². The maximum Gasteiger partial charge on any atom is 0.220 e. The molecule has 0 radical (unpaired) electrons. The Morgan fingerprint density at radius 2 is 2.13 bits per heavy atom. The van der Waals surface area contributed by atoms with Crippen LogP contribution in [0.15, 0.2) is 0 Å². The summed E-state index contributed by atoms with van der Waals surface area (Å²) in [5.74, 6) is 0.868. The standard InChI is InChI=1S/C12H23NO2/c1-2-11(9-14)13-12(15)8-7-10-5-3-4-6-10/h10-11,14H,2-9H2,1H3,(H,13,15). The van der Waals surface area contributed by atoms with E-state index < -0.39 is 0 Å². The zero-order chi connectivity index (χ0) is 11.1. The first kappa shape index (κ1) is 12.5. The fourth-order valence-corrected chi connectivity index (χ4v) is 2.21. The van der Waals surface area contributed by atoms with Crippen LogP contribution in [0.4, 0.5) is 0 Å². The van der Waals surface area contributed by atoms with Gasteiger partial charge in [0.1, 0.15) is 0 Å². The zero-order valence-electron chi connectivity index (χ0n) is 9.67. The molecular formula is C12H23NO2. The summed E-state index contributed by atoms with van der Waals surface area (Å²) in [4.78, 5) is 11.5.